The largest absolute Gasteiger partial charge is 0.394 e. The molecular weight excluding hydrogens is 196 g/mol. The van der Waals surface area contributed by atoms with Crippen LogP contribution >= 0.6 is 0 Å². The van der Waals surface area contributed by atoms with Gasteiger partial charge in [-0.15, -0.1) is 0 Å². The highest BCUT2D eigenvalue weighted by Crippen LogP contribution is 2.01. The molecule has 1 N–H and O–H groups in total. The smallest absolute Gasteiger partial charge is 0.227 e. The maximum Gasteiger partial charge on any atom is 0.227 e. The van der Waals surface area contributed by atoms with E-state index in [1.807, 2.05) is 0 Å². The van der Waals surface area contributed by atoms with E-state index in [9.17, 15) is 4.79 Å². The maximum atomic E-state index is 10.8. The van der Waals surface area contributed by atoms with Crippen LogP contribution in [0.5, 0.6) is 0 Å². The number of rotatable bonds is 5. The van der Waals surface area contributed by atoms with Gasteiger partial charge in [0, 0.05) is 32.7 Å². The topological polar surface area (TPSA) is 53.0 Å². The van der Waals surface area contributed by atoms with Crippen LogP contribution in [0.25, 0.3) is 0 Å². The summed E-state index contributed by atoms with van der Waals surface area (Å²) in [5.41, 5.74) is 0. The minimum atomic E-state index is -0.341. The standard InChI is InChI=1S/C10H18N2O3/c1-10(14)12-4-2-11(3-5-12)6-8-15-9-7-13/h1,13H,2-9H2. The van der Waals surface area contributed by atoms with Crippen molar-refractivity contribution in [3.63, 3.8) is 0 Å². The third kappa shape index (κ3) is 4.59. The van der Waals surface area contributed by atoms with Crippen LogP contribution in [0.15, 0.2) is 0 Å². The molecule has 5 heteroatoms. The fraction of sp³-hybridized carbons (Fsp3) is 0.800. The minimum Gasteiger partial charge on any atom is -0.394 e. The lowest BCUT2D eigenvalue weighted by molar-refractivity contribution is -0.128. The number of nitrogens with zero attached hydrogens (tertiary/aromatic N) is 2. The van der Waals surface area contributed by atoms with Crippen LogP contribution in [-0.4, -0.2) is 73.4 Å². The number of hydrogen-bond acceptors (Lipinski definition) is 4. The number of ether oxygens (including phenoxy) is 1. The summed E-state index contributed by atoms with van der Waals surface area (Å²) in [5.74, 6) is -0.341. The fourth-order valence-corrected chi connectivity index (χ4v) is 1.55. The van der Waals surface area contributed by atoms with E-state index in [2.05, 4.69) is 4.90 Å². The molecule has 0 aliphatic carbocycles. The van der Waals surface area contributed by atoms with E-state index in [4.69, 9.17) is 16.8 Å². The average Bonchev–Trinajstić information content (AvgIpc) is 2.25. The first-order valence-electron chi connectivity index (χ1n) is 5.19. The molecule has 1 fully saturated rings. The zero-order valence-corrected chi connectivity index (χ0v) is 8.89. The number of amides is 1. The Morgan fingerprint density at radius 3 is 2.47 bits per heavy atom. The first kappa shape index (κ1) is 12.4. The van der Waals surface area contributed by atoms with Gasteiger partial charge in [0.2, 0.25) is 5.91 Å². The minimum absolute atomic E-state index is 0.0649. The molecule has 1 aliphatic heterocycles. The monoisotopic (exact) mass is 214 g/mol. The molecule has 0 aromatic rings. The van der Waals surface area contributed by atoms with Gasteiger partial charge in [0.15, 0.2) is 0 Å². The molecule has 86 valence electrons. The molecule has 0 atom stereocenters. The molecule has 1 amide bonds. The maximum absolute atomic E-state index is 10.8. The fourth-order valence-electron chi connectivity index (χ4n) is 1.55. The zero-order valence-electron chi connectivity index (χ0n) is 8.89. The zero-order chi connectivity index (χ0) is 11.1. The van der Waals surface area contributed by atoms with Gasteiger partial charge in [0.25, 0.3) is 0 Å². The van der Waals surface area contributed by atoms with Crippen LogP contribution in [0.3, 0.4) is 0 Å². The van der Waals surface area contributed by atoms with Crippen molar-refractivity contribution in [3.05, 3.63) is 6.92 Å². The van der Waals surface area contributed by atoms with E-state index in [0.717, 1.165) is 19.6 Å². The Bertz CT molecular complexity index is 191. The molecule has 0 saturated carbocycles. The van der Waals surface area contributed by atoms with E-state index in [1.165, 1.54) is 0 Å². The lowest BCUT2D eigenvalue weighted by Crippen LogP contribution is -2.48. The van der Waals surface area contributed by atoms with Gasteiger partial charge >= 0.3 is 0 Å². The van der Waals surface area contributed by atoms with E-state index < -0.39 is 0 Å². The van der Waals surface area contributed by atoms with Crippen LogP contribution in [0.2, 0.25) is 0 Å². The van der Waals surface area contributed by atoms with Gasteiger partial charge in [-0.05, 0) is 0 Å². The van der Waals surface area contributed by atoms with Crippen molar-refractivity contribution in [1.82, 2.24) is 9.80 Å². The van der Waals surface area contributed by atoms with Crippen molar-refractivity contribution < 1.29 is 14.6 Å². The molecule has 0 unspecified atom stereocenters. The van der Waals surface area contributed by atoms with Gasteiger partial charge < -0.3 is 14.7 Å². The molecular formula is C10H18N2O3. The highest BCUT2D eigenvalue weighted by atomic mass is 16.5. The predicted molar refractivity (Wildman–Crippen MR) is 55.2 cm³/mol. The molecule has 5 nitrogen and oxygen atoms in total. The predicted octanol–water partition coefficient (Wildman–Crippen LogP) is -1.15. The second-order valence-corrected chi connectivity index (χ2v) is 3.50. The van der Waals surface area contributed by atoms with Crippen LogP contribution in [0, 0.1) is 6.92 Å². The molecule has 1 heterocycles. The Labute approximate surface area is 90.6 Å². The second kappa shape index (κ2) is 6.76. The quantitative estimate of drug-likeness (QED) is 0.587. The van der Waals surface area contributed by atoms with Gasteiger partial charge in [-0.2, -0.15) is 0 Å². The van der Waals surface area contributed by atoms with Crippen molar-refractivity contribution in [1.29, 1.82) is 0 Å². The number of carbonyl (C=O) groups excluding carboxylic acids is 1. The second-order valence-electron chi connectivity index (χ2n) is 3.50. The summed E-state index contributed by atoms with van der Waals surface area (Å²) >= 11 is 0. The van der Waals surface area contributed by atoms with E-state index in [0.29, 0.717) is 26.3 Å². The molecule has 2 radical (unpaired) electrons. The summed E-state index contributed by atoms with van der Waals surface area (Å²) in [6.45, 7) is 10.1. The molecule has 1 saturated heterocycles. The lowest BCUT2D eigenvalue weighted by Gasteiger charge is -2.33. The molecule has 1 aliphatic rings. The average molecular weight is 214 g/mol. The summed E-state index contributed by atoms with van der Waals surface area (Å²) in [7, 11) is 0. The van der Waals surface area contributed by atoms with Crippen molar-refractivity contribution in [3.8, 4) is 0 Å². The number of piperazine rings is 1. The first-order chi connectivity index (χ1) is 7.24. The van der Waals surface area contributed by atoms with Crippen LogP contribution in [-0.2, 0) is 9.53 Å². The van der Waals surface area contributed by atoms with Gasteiger partial charge in [0.1, 0.15) is 0 Å². The third-order valence-corrected chi connectivity index (χ3v) is 2.47. The molecule has 0 aromatic heterocycles. The highest BCUT2D eigenvalue weighted by Gasteiger charge is 2.17. The summed E-state index contributed by atoms with van der Waals surface area (Å²) in [5, 5.41) is 8.50. The summed E-state index contributed by atoms with van der Waals surface area (Å²) in [4.78, 5) is 14.7. The Morgan fingerprint density at radius 2 is 1.93 bits per heavy atom. The summed E-state index contributed by atoms with van der Waals surface area (Å²) in [6, 6.07) is 0. The van der Waals surface area contributed by atoms with Crippen LogP contribution in [0.4, 0.5) is 0 Å². The molecule has 0 aromatic carbocycles. The Balaban J connectivity index is 2.07. The number of aliphatic hydroxyl groups excluding tert-OH is 1. The Morgan fingerprint density at radius 1 is 1.27 bits per heavy atom. The van der Waals surface area contributed by atoms with Gasteiger partial charge in [0.05, 0.1) is 26.7 Å². The highest BCUT2D eigenvalue weighted by molar-refractivity contribution is 5.80. The van der Waals surface area contributed by atoms with Gasteiger partial charge in [-0.25, -0.2) is 0 Å². The lowest BCUT2D eigenvalue weighted by atomic mass is 10.3. The normalized spacial score (nSPS) is 18.1. The molecule has 1 rings (SSSR count). The van der Waals surface area contributed by atoms with E-state index in [-0.39, 0.29) is 12.5 Å². The SMILES string of the molecule is [CH]C(=O)N1CCN(CCOCCO)CC1. The van der Waals surface area contributed by atoms with Crippen molar-refractivity contribution >= 4 is 5.91 Å². The third-order valence-electron chi connectivity index (χ3n) is 2.47. The van der Waals surface area contributed by atoms with E-state index >= 15 is 0 Å². The van der Waals surface area contributed by atoms with Crippen molar-refractivity contribution in [2.45, 2.75) is 0 Å². The molecule has 15 heavy (non-hydrogen) atoms. The number of hydrogen-bond donors (Lipinski definition) is 1. The van der Waals surface area contributed by atoms with Gasteiger partial charge in [-0.1, -0.05) is 0 Å². The molecule has 0 bridgehead atoms. The Kier molecular flexibility index (Phi) is 5.60. The van der Waals surface area contributed by atoms with Crippen LogP contribution in [0.1, 0.15) is 0 Å². The van der Waals surface area contributed by atoms with Crippen molar-refractivity contribution in [2.75, 3.05) is 52.5 Å². The Hall–Kier alpha value is -0.650. The number of aliphatic hydroxyl groups is 1. The number of carbonyl (C=O) groups is 1. The molecule has 0 spiro atoms. The van der Waals surface area contributed by atoms with E-state index in [1.54, 1.807) is 4.90 Å². The van der Waals surface area contributed by atoms with Crippen LogP contribution < -0.4 is 0 Å². The van der Waals surface area contributed by atoms with Crippen molar-refractivity contribution in [2.24, 2.45) is 0 Å². The van der Waals surface area contributed by atoms with Gasteiger partial charge in [-0.3, -0.25) is 9.69 Å². The summed E-state index contributed by atoms with van der Waals surface area (Å²) in [6.07, 6.45) is 0. The summed E-state index contributed by atoms with van der Waals surface area (Å²) < 4.78 is 5.16. The first-order valence-corrected chi connectivity index (χ1v) is 5.19.